The molecular weight excluding hydrogens is 298 g/mol. The van der Waals surface area contributed by atoms with Crippen LogP contribution in [0.1, 0.15) is 29.6 Å². The number of rotatable bonds is 3. The van der Waals surface area contributed by atoms with Gasteiger partial charge in [-0.3, -0.25) is 4.79 Å². The summed E-state index contributed by atoms with van der Waals surface area (Å²) in [4.78, 5) is 17.3. The Morgan fingerprint density at radius 3 is 2.90 bits per heavy atom. The summed E-state index contributed by atoms with van der Waals surface area (Å²) in [7, 11) is 0. The number of nitrogens with one attached hydrogen (secondary N) is 1. The molecule has 1 aromatic rings. The summed E-state index contributed by atoms with van der Waals surface area (Å²) in [5.74, 6) is 0.534. The maximum absolute atomic E-state index is 12.1. The largest absolute Gasteiger partial charge is 0.486 e. The lowest BCUT2D eigenvalue weighted by molar-refractivity contribution is -0.186. The molecule has 2 heterocycles. The normalized spacial score (nSPS) is 20.9. The molecule has 0 spiro atoms. The average molecular weight is 314 g/mol. The third kappa shape index (κ3) is 3.40. The maximum Gasteiger partial charge on any atom is 0.275 e. The van der Waals surface area contributed by atoms with Gasteiger partial charge in [0, 0.05) is 18.6 Å². The van der Waals surface area contributed by atoms with Crippen LogP contribution in [0.3, 0.4) is 0 Å². The number of hydroxylamine groups is 1. The highest BCUT2D eigenvalue weighted by Gasteiger charge is 2.21. The minimum absolute atomic E-state index is 0.339. The number of ether oxygens (including phenoxy) is 3. The van der Waals surface area contributed by atoms with Crippen LogP contribution in [0.4, 0.5) is 0 Å². The lowest BCUT2D eigenvalue weighted by Gasteiger charge is -2.22. The Morgan fingerprint density at radius 2 is 2.10 bits per heavy atom. The van der Waals surface area contributed by atoms with E-state index in [2.05, 4.69) is 5.48 Å². The van der Waals surface area contributed by atoms with Crippen molar-refractivity contribution in [2.45, 2.75) is 25.6 Å². The second-order valence-corrected chi connectivity index (χ2v) is 5.23. The van der Waals surface area contributed by atoms with Gasteiger partial charge in [-0.15, -0.1) is 0 Å². The molecule has 0 bridgehead atoms. The molecule has 2 aliphatic rings. The zero-order chi connectivity index (χ0) is 14.7. The molecule has 2 aliphatic heterocycles. The van der Waals surface area contributed by atoms with Crippen LogP contribution in [-0.4, -0.2) is 32.0 Å². The second kappa shape index (κ2) is 6.51. The minimum atomic E-state index is -0.400. The zero-order valence-electron chi connectivity index (χ0n) is 11.4. The standard InChI is InChI=1S/C14H16ClNO5/c15-10-7-9(8-11-13(10)20-6-5-18-11)14(17)16-21-12-3-1-2-4-19-12/h7-8,12H,1-6H2,(H,16,17)/t12-/m1/s1. The highest BCUT2D eigenvalue weighted by molar-refractivity contribution is 6.32. The molecule has 1 aromatic carbocycles. The van der Waals surface area contributed by atoms with E-state index in [9.17, 15) is 4.79 Å². The number of fused-ring (bicyclic) bond motifs is 1. The first-order chi connectivity index (χ1) is 10.2. The van der Waals surface area contributed by atoms with Gasteiger partial charge in [-0.2, -0.15) is 0 Å². The van der Waals surface area contributed by atoms with Crippen molar-refractivity contribution in [2.75, 3.05) is 19.8 Å². The molecule has 0 unspecified atom stereocenters. The van der Waals surface area contributed by atoms with E-state index in [1.807, 2.05) is 0 Å². The lowest BCUT2D eigenvalue weighted by Crippen LogP contribution is -2.33. The second-order valence-electron chi connectivity index (χ2n) is 4.83. The van der Waals surface area contributed by atoms with Crippen molar-refractivity contribution in [3.8, 4) is 11.5 Å². The number of carbonyl (C=O) groups excluding carboxylic acids is 1. The van der Waals surface area contributed by atoms with Gasteiger partial charge in [-0.1, -0.05) is 11.6 Å². The zero-order valence-corrected chi connectivity index (χ0v) is 12.1. The third-order valence-corrected chi connectivity index (χ3v) is 3.56. The van der Waals surface area contributed by atoms with Crippen molar-refractivity contribution in [1.82, 2.24) is 5.48 Å². The Bertz CT molecular complexity index is 530. The molecule has 1 amide bonds. The fraction of sp³-hybridized carbons (Fsp3) is 0.500. The van der Waals surface area contributed by atoms with E-state index in [4.69, 9.17) is 30.6 Å². The van der Waals surface area contributed by atoms with E-state index < -0.39 is 12.2 Å². The summed E-state index contributed by atoms with van der Waals surface area (Å²) in [6.45, 7) is 1.53. The predicted molar refractivity (Wildman–Crippen MR) is 74.6 cm³/mol. The van der Waals surface area contributed by atoms with Crippen molar-refractivity contribution < 1.29 is 23.8 Å². The molecule has 0 saturated carbocycles. The van der Waals surface area contributed by atoms with Crippen molar-refractivity contribution in [1.29, 1.82) is 0 Å². The van der Waals surface area contributed by atoms with Crippen molar-refractivity contribution >= 4 is 17.5 Å². The summed E-state index contributed by atoms with van der Waals surface area (Å²) in [6.07, 6.45) is 2.42. The van der Waals surface area contributed by atoms with Crippen LogP contribution in [0, 0.1) is 0 Å². The molecule has 3 rings (SSSR count). The van der Waals surface area contributed by atoms with Crippen LogP contribution in [0.2, 0.25) is 5.02 Å². The fourth-order valence-electron chi connectivity index (χ4n) is 2.22. The van der Waals surface area contributed by atoms with Gasteiger partial charge in [-0.05, 0) is 25.0 Å². The smallest absolute Gasteiger partial charge is 0.275 e. The van der Waals surface area contributed by atoms with Gasteiger partial charge in [0.15, 0.2) is 17.8 Å². The Hall–Kier alpha value is -1.50. The molecule has 1 fully saturated rings. The average Bonchev–Trinajstić information content (AvgIpc) is 2.53. The van der Waals surface area contributed by atoms with Crippen molar-refractivity contribution in [3.05, 3.63) is 22.7 Å². The first kappa shape index (κ1) is 14.4. The molecular formula is C14H16ClNO5. The molecule has 0 aliphatic carbocycles. The van der Waals surface area contributed by atoms with Crippen LogP contribution in [0.25, 0.3) is 0 Å². The van der Waals surface area contributed by atoms with Crippen LogP contribution in [0.15, 0.2) is 12.1 Å². The van der Waals surface area contributed by atoms with E-state index in [0.29, 0.717) is 41.9 Å². The number of halogens is 1. The lowest BCUT2D eigenvalue weighted by atomic mass is 10.2. The van der Waals surface area contributed by atoms with Gasteiger partial charge in [0.25, 0.3) is 5.91 Å². The highest BCUT2D eigenvalue weighted by Crippen LogP contribution is 2.38. The Morgan fingerprint density at radius 1 is 1.24 bits per heavy atom. The van der Waals surface area contributed by atoms with Crippen LogP contribution in [0.5, 0.6) is 11.5 Å². The van der Waals surface area contributed by atoms with Gasteiger partial charge in [0.05, 0.1) is 5.02 Å². The number of benzene rings is 1. The number of hydrogen-bond acceptors (Lipinski definition) is 5. The third-order valence-electron chi connectivity index (χ3n) is 3.28. The summed E-state index contributed by atoms with van der Waals surface area (Å²) in [5.41, 5.74) is 2.73. The first-order valence-corrected chi connectivity index (χ1v) is 7.28. The Balaban J connectivity index is 1.65. The molecule has 1 saturated heterocycles. The molecule has 1 atom stereocenters. The monoisotopic (exact) mass is 313 g/mol. The van der Waals surface area contributed by atoms with Crippen LogP contribution < -0.4 is 15.0 Å². The molecule has 6 nitrogen and oxygen atoms in total. The summed E-state index contributed by atoms with van der Waals surface area (Å²) in [5, 5.41) is 0.339. The van der Waals surface area contributed by atoms with Gasteiger partial charge < -0.3 is 14.2 Å². The van der Waals surface area contributed by atoms with E-state index in [1.54, 1.807) is 6.07 Å². The molecule has 21 heavy (non-hydrogen) atoms. The topological polar surface area (TPSA) is 66.0 Å². The highest BCUT2D eigenvalue weighted by atomic mass is 35.5. The SMILES string of the molecule is O=C(NO[C@@H]1CCCCO1)c1cc(Cl)c2c(c1)OCCO2. The van der Waals surface area contributed by atoms with Gasteiger partial charge in [0.2, 0.25) is 0 Å². The minimum Gasteiger partial charge on any atom is -0.486 e. The molecule has 7 heteroatoms. The number of carbonyl (C=O) groups is 1. The van der Waals surface area contributed by atoms with Crippen molar-refractivity contribution in [3.63, 3.8) is 0 Å². The van der Waals surface area contributed by atoms with E-state index in [0.717, 1.165) is 19.3 Å². The van der Waals surface area contributed by atoms with Gasteiger partial charge >= 0.3 is 0 Å². The summed E-state index contributed by atoms with van der Waals surface area (Å²) >= 11 is 6.09. The van der Waals surface area contributed by atoms with E-state index in [1.165, 1.54) is 6.07 Å². The summed E-state index contributed by atoms with van der Waals surface area (Å²) < 4.78 is 16.2. The Labute approximate surface area is 127 Å². The molecule has 1 N–H and O–H groups in total. The number of amides is 1. The van der Waals surface area contributed by atoms with E-state index in [-0.39, 0.29) is 0 Å². The van der Waals surface area contributed by atoms with Gasteiger partial charge in [-0.25, -0.2) is 10.3 Å². The van der Waals surface area contributed by atoms with Crippen molar-refractivity contribution in [2.24, 2.45) is 0 Å². The maximum atomic E-state index is 12.1. The van der Waals surface area contributed by atoms with E-state index >= 15 is 0 Å². The quantitative estimate of drug-likeness (QED) is 0.867. The number of hydrogen-bond donors (Lipinski definition) is 1. The molecule has 114 valence electrons. The summed E-state index contributed by atoms with van der Waals surface area (Å²) in [6, 6.07) is 3.11. The van der Waals surface area contributed by atoms with Crippen LogP contribution in [-0.2, 0) is 9.57 Å². The Kier molecular flexibility index (Phi) is 4.48. The fourth-order valence-corrected chi connectivity index (χ4v) is 2.49. The van der Waals surface area contributed by atoms with Gasteiger partial charge in [0.1, 0.15) is 13.2 Å². The van der Waals surface area contributed by atoms with Crippen LogP contribution >= 0.6 is 11.6 Å². The molecule has 0 radical (unpaired) electrons. The first-order valence-electron chi connectivity index (χ1n) is 6.91. The predicted octanol–water partition coefficient (Wildman–Crippen LogP) is 2.30. The molecule has 0 aromatic heterocycles.